The SMILES string of the molecule is CCCC1CC1NC(=O)c1cccc(OC)c1N. The van der Waals surface area contributed by atoms with Crippen molar-refractivity contribution in [3.63, 3.8) is 0 Å². The third kappa shape index (κ3) is 2.58. The first-order valence-electron chi connectivity index (χ1n) is 6.40. The van der Waals surface area contributed by atoms with Gasteiger partial charge in [0.1, 0.15) is 5.75 Å². The highest BCUT2D eigenvalue weighted by atomic mass is 16.5. The zero-order valence-corrected chi connectivity index (χ0v) is 10.9. The van der Waals surface area contributed by atoms with Gasteiger partial charge in [0.2, 0.25) is 0 Å². The van der Waals surface area contributed by atoms with Gasteiger partial charge in [-0.15, -0.1) is 0 Å². The summed E-state index contributed by atoms with van der Waals surface area (Å²) in [5.41, 5.74) is 6.80. The van der Waals surface area contributed by atoms with Crippen molar-refractivity contribution >= 4 is 11.6 Å². The van der Waals surface area contributed by atoms with Gasteiger partial charge in [0, 0.05) is 6.04 Å². The minimum Gasteiger partial charge on any atom is -0.495 e. The molecule has 2 atom stereocenters. The molecule has 2 rings (SSSR count). The van der Waals surface area contributed by atoms with Gasteiger partial charge in [-0.05, 0) is 30.9 Å². The maximum absolute atomic E-state index is 12.1. The Morgan fingerprint density at radius 3 is 3.00 bits per heavy atom. The summed E-state index contributed by atoms with van der Waals surface area (Å²) in [6.07, 6.45) is 3.43. The number of ether oxygens (including phenoxy) is 1. The Labute approximate surface area is 108 Å². The zero-order valence-electron chi connectivity index (χ0n) is 10.9. The Hall–Kier alpha value is -1.71. The number of carbonyl (C=O) groups is 1. The lowest BCUT2D eigenvalue weighted by Gasteiger charge is -2.10. The summed E-state index contributed by atoms with van der Waals surface area (Å²) in [5, 5.41) is 3.02. The Bertz CT molecular complexity index is 445. The Morgan fingerprint density at radius 2 is 2.33 bits per heavy atom. The topological polar surface area (TPSA) is 64.3 Å². The van der Waals surface area contributed by atoms with Crippen LogP contribution in [-0.2, 0) is 0 Å². The van der Waals surface area contributed by atoms with Gasteiger partial charge in [-0.2, -0.15) is 0 Å². The zero-order chi connectivity index (χ0) is 13.1. The first kappa shape index (κ1) is 12.7. The molecule has 0 spiro atoms. The number of benzene rings is 1. The van der Waals surface area contributed by atoms with E-state index in [2.05, 4.69) is 12.2 Å². The Balaban J connectivity index is 2.02. The van der Waals surface area contributed by atoms with E-state index in [1.54, 1.807) is 25.3 Å². The molecule has 0 radical (unpaired) electrons. The standard InChI is InChI=1S/C14H20N2O2/c1-3-5-9-8-11(9)16-14(17)10-6-4-7-12(18-2)13(10)15/h4,6-7,9,11H,3,5,8,15H2,1-2H3,(H,16,17). The van der Waals surface area contributed by atoms with Crippen molar-refractivity contribution in [2.45, 2.75) is 32.2 Å². The molecule has 0 heterocycles. The highest BCUT2D eigenvalue weighted by molar-refractivity contribution is 6.00. The van der Waals surface area contributed by atoms with Gasteiger partial charge >= 0.3 is 0 Å². The predicted octanol–water partition coefficient (Wildman–Crippen LogP) is 2.20. The fourth-order valence-corrected chi connectivity index (χ4v) is 2.28. The van der Waals surface area contributed by atoms with E-state index in [9.17, 15) is 4.79 Å². The number of hydrogen-bond donors (Lipinski definition) is 2. The lowest BCUT2D eigenvalue weighted by molar-refractivity contribution is 0.0949. The second-order valence-corrected chi connectivity index (χ2v) is 4.79. The molecule has 3 N–H and O–H groups in total. The van der Waals surface area contributed by atoms with E-state index in [-0.39, 0.29) is 5.91 Å². The van der Waals surface area contributed by atoms with Gasteiger partial charge in [0.25, 0.3) is 5.91 Å². The van der Waals surface area contributed by atoms with Crippen molar-refractivity contribution < 1.29 is 9.53 Å². The highest BCUT2D eigenvalue weighted by Crippen LogP contribution is 2.35. The van der Waals surface area contributed by atoms with Crippen LogP contribution in [0.5, 0.6) is 5.75 Å². The fourth-order valence-electron chi connectivity index (χ4n) is 2.28. The molecule has 98 valence electrons. The van der Waals surface area contributed by atoms with Crippen LogP contribution in [0.2, 0.25) is 0 Å². The lowest BCUT2D eigenvalue weighted by Crippen LogP contribution is -2.27. The molecule has 4 nitrogen and oxygen atoms in total. The van der Waals surface area contributed by atoms with E-state index in [1.165, 1.54) is 12.8 Å². The quantitative estimate of drug-likeness (QED) is 0.785. The van der Waals surface area contributed by atoms with Gasteiger partial charge in [-0.25, -0.2) is 0 Å². The normalized spacial score (nSPS) is 21.4. The number of rotatable bonds is 5. The summed E-state index contributed by atoms with van der Waals surface area (Å²) >= 11 is 0. The molecule has 0 aliphatic heterocycles. The van der Waals surface area contributed by atoms with Crippen molar-refractivity contribution in [2.24, 2.45) is 5.92 Å². The molecule has 0 saturated heterocycles. The molecule has 0 bridgehead atoms. The van der Waals surface area contributed by atoms with Gasteiger partial charge in [-0.1, -0.05) is 19.4 Å². The van der Waals surface area contributed by atoms with Crippen LogP contribution in [0.25, 0.3) is 0 Å². The van der Waals surface area contributed by atoms with Crippen LogP contribution in [0.3, 0.4) is 0 Å². The number of nitrogen functional groups attached to an aromatic ring is 1. The largest absolute Gasteiger partial charge is 0.495 e. The average molecular weight is 248 g/mol. The van der Waals surface area contributed by atoms with Crippen molar-refractivity contribution in [3.05, 3.63) is 23.8 Å². The van der Waals surface area contributed by atoms with Crippen LogP contribution in [-0.4, -0.2) is 19.1 Å². The second kappa shape index (κ2) is 5.29. The van der Waals surface area contributed by atoms with Crippen molar-refractivity contribution in [1.82, 2.24) is 5.32 Å². The summed E-state index contributed by atoms with van der Waals surface area (Å²) in [7, 11) is 1.55. The monoisotopic (exact) mass is 248 g/mol. The molecule has 18 heavy (non-hydrogen) atoms. The highest BCUT2D eigenvalue weighted by Gasteiger charge is 2.37. The number of nitrogens with two attached hydrogens (primary N) is 1. The minimum atomic E-state index is -0.102. The second-order valence-electron chi connectivity index (χ2n) is 4.79. The van der Waals surface area contributed by atoms with E-state index < -0.39 is 0 Å². The summed E-state index contributed by atoms with van der Waals surface area (Å²) in [4.78, 5) is 12.1. The molecule has 1 aromatic carbocycles. The number of hydrogen-bond acceptors (Lipinski definition) is 3. The Morgan fingerprint density at radius 1 is 1.56 bits per heavy atom. The third-order valence-corrected chi connectivity index (χ3v) is 3.43. The van der Waals surface area contributed by atoms with E-state index in [0.29, 0.717) is 29.0 Å². The van der Waals surface area contributed by atoms with Crippen molar-refractivity contribution in [2.75, 3.05) is 12.8 Å². The average Bonchev–Trinajstić information content (AvgIpc) is 3.08. The van der Waals surface area contributed by atoms with Crippen LogP contribution < -0.4 is 15.8 Å². The summed E-state index contributed by atoms with van der Waals surface area (Å²) in [5.74, 6) is 1.09. The molecular weight excluding hydrogens is 228 g/mol. The van der Waals surface area contributed by atoms with Crippen molar-refractivity contribution in [1.29, 1.82) is 0 Å². The van der Waals surface area contributed by atoms with E-state index in [4.69, 9.17) is 10.5 Å². The van der Waals surface area contributed by atoms with Crippen LogP contribution >= 0.6 is 0 Å². The molecule has 1 saturated carbocycles. The molecule has 1 amide bonds. The van der Waals surface area contributed by atoms with E-state index in [0.717, 1.165) is 6.42 Å². The van der Waals surface area contributed by atoms with Gasteiger partial charge in [-0.3, -0.25) is 4.79 Å². The third-order valence-electron chi connectivity index (χ3n) is 3.43. The van der Waals surface area contributed by atoms with Crippen LogP contribution in [0.1, 0.15) is 36.5 Å². The first-order chi connectivity index (χ1) is 8.67. The molecule has 4 heteroatoms. The van der Waals surface area contributed by atoms with Gasteiger partial charge < -0.3 is 15.8 Å². The number of nitrogens with one attached hydrogen (secondary N) is 1. The number of para-hydroxylation sites is 1. The van der Waals surface area contributed by atoms with Crippen molar-refractivity contribution in [3.8, 4) is 5.75 Å². The Kier molecular flexibility index (Phi) is 3.75. The fraction of sp³-hybridized carbons (Fsp3) is 0.500. The number of amides is 1. The summed E-state index contributed by atoms with van der Waals surface area (Å²) < 4.78 is 5.11. The summed E-state index contributed by atoms with van der Waals surface area (Å²) in [6.45, 7) is 2.16. The maximum atomic E-state index is 12.1. The molecular formula is C14H20N2O2. The molecule has 1 fully saturated rings. The number of methoxy groups -OCH3 is 1. The molecule has 2 unspecified atom stereocenters. The van der Waals surface area contributed by atoms with Crippen LogP contribution in [0, 0.1) is 5.92 Å². The number of anilines is 1. The smallest absolute Gasteiger partial charge is 0.253 e. The first-order valence-corrected chi connectivity index (χ1v) is 6.40. The van der Waals surface area contributed by atoms with Crippen LogP contribution in [0.4, 0.5) is 5.69 Å². The van der Waals surface area contributed by atoms with Crippen LogP contribution in [0.15, 0.2) is 18.2 Å². The molecule has 1 aliphatic carbocycles. The van der Waals surface area contributed by atoms with E-state index in [1.807, 2.05) is 0 Å². The number of carbonyl (C=O) groups excluding carboxylic acids is 1. The predicted molar refractivity (Wildman–Crippen MR) is 71.7 cm³/mol. The molecule has 1 aromatic rings. The minimum absolute atomic E-state index is 0.102. The maximum Gasteiger partial charge on any atom is 0.253 e. The van der Waals surface area contributed by atoms with E-state index >= 15 is 0 Å². The lowest BCUT2D eigenvalue weighted by atomic mass is 10.1. The van der Waals surface area contributed by atoms with Gasteiger partial charge in [0.15, 0.2) is 0 Å². The summed E-state index contributed by atoms with van der Waals surface area (Å²) in [6, 6.07) is 5.58. The molecule has 1 aliphatic rings. The molecule has 0 aromatic heterocycles. The van der Waals surface area contributed by atoms with Gasteiger partial charge in [0.05, 0.1) is 18.4 Å².